The van der Waals surface area contributed by atoms with Crippen LogP contribution in [0, 0.1) is 34.7 Å². The average Bonchev–Trinajstić information content (AvgIpc) is 3.92. The first-order chi connectivity index (χ1) is 23.7. The Balaban J connectivity index is 0.000000194. The lowest BCUT2D eigenvalue weighted by Gasteiger charge is -2.09. The molecule has 2 amide bonds. The standard InChI is InChI=1S/2C16H14F3N5O/c17-16(18,19)12-1-3-13(4-2-12)24-8-14(21-10-24)22-15(25)11-5-6-23(7-11)9-20;17-16(18,19)12-2-1-3-13(6-12)24-8-14(21-10-24)22-15(25)11-4-5-23(7-11)9-20/h1-4,8,10-11H,5-7H2,(H,22,25);1-3,6,8,10-11H,4-5,7H2,(H,22,25)/t2*11-/m00/s1. The Morgan fingerprint density at radius 1 is 0.700 bits per heavy atom. The highest BCUT2D eigenvalue weighted by molar-refractivity contribution is 5.92. The van der Waals surface area contributed by atoms with E-state index in [1.807, 2.05) is 12.4 Å². The predicted molar refractivity (Wildman–Crippen MR) is 165 cm³/mol. The lowest BCUT2D eigenvalue weighted by atomic mass is 10.1. The molecule has 4 heterocycles. The third-order valence-electron chi connectivity index (χ3n) is 8.03. The number of aromatic nitrogens is 4. The van der Waals surface area contributed by atoms with Crippen LogP contribution in [-0.4, -0.2) is 66.9 Å². The van der Waals surface area contributed by atoms with Crippen LogP contribution in [0.25, 0.3) is 11.4 Å². The lowest BCUT2D eigenvalue weighted by Crippen LogP contribution is -2.25. The third kappa shape index (κ3) is 8.70. The summed E-state index contributed by atoms with van der Waals surface area (Å²) in [6.45, 7) is 1.82. The van der Waals surface area contributed by atoms with E-state index in [-0.39, 0.29) is 29.5 Å². The lowest BCUT2D eigenvalue weighted by molar-refractivity contribution is -0.138. The molecular weight excluding hydrogens is 670 g/mol. The fraction of sp³-hybridized carbons (Fsp3) is 0.312. The van der Waals surface area contributed by atoms with Crippen LogP contribution < -0.4 is 10.6 Å². The number of hydrogen-bond donors (Lipinski definition) is 2. The Morgan fingerprint density at radius 2 is 1.18 bits per heavy atom. The van der Waals surface area contributed by atoms with Crippen LogP contribution in [0.4, 0.5) is 38.0 Å². The molecular formula is C32H28F6N10O2. The second-order valence-corrected chi connectivity index (χ2v) is 11.5. The molecule has 18 heteroatoms. The van der Waals surface area contributed by atoms with Crippen molar-refractivity contribution in [3.63, 3.8) is 0 Å². The first-order valence-corrected chi connectivity index (χ1v) is 15.1. The van der Waals surface area contributed by atoms with Gasteiger partial charge in [0.1, 0.15) is 12.7 Å². The summed E-state index contributed by atoms with van der Waals surface area (Å²) in [5.74, 6) is -0.519. The molecule has 2 saturated heterocycles. The summed E-state index contributed by atoms with van der Waals surface area (Å²) >= 11 is 0. The number of alkyl halides is 6. The molecule has 260 valence electrons. The Bertz CT molecular complexity index is 1910. The van der Waals surface area contributed by atoms with Crippen LogP contribution >= 0.6 is 0 Å². The topological polar surface area (TPSA) is 148 Å². The van der Waals surface area contributed by atoms with Crippen LogP contribution in [-0.2, 0) is 21.9 Å². The molecule has 0 unspecified atom stereocenters. The van der Waals surface area contributed by atoms with Gasteiger partial charge in [0.15, 0.2) is 24.0 Å². The molecule has 2 atom stereocenters. The average molecular weight is 699 g/mol. The number of likely N-dealkylation sites (tertiary alicyclic amines) is 2. The van der Waals surface area contributed by atoms with Gasteiger partial charge in [-0.3, -0.25) is 9.59 Å². The molecule has 50 heavy (non-hydrogen) atoms. The number of carbonyl (C=O) groups is 2. The smallest absolute Gasteiger partial charge is 0.310 e. The van der Waals surface area contributed by atoms with E-state index >= 15 is 0 Å². The molecule has 2 aromatic carbocycles. The maximum atomic E-state index is 12.8. The quantitative estimate of drug-likeness (QED) is 0.205. The van der Waals surface area contributed by atoms with Crippen molar-refractivity contribution in [3.05, 3.63) is 84.7 Å². The number of anilines is 2. The number of imidazole rings is 2. The van der Waals surface area contributed by atoms with E-state index in [2.05, 4.69) is 20.6 Å². The molecule has 4 aromatic rings. The minimum absolute atomic E-state index is 0.226. The van der Waals surface area contributed by atoms with E-state index < -0.39 is 23.5 Å². The van der Waals surface area contributed by atoms with Crippen LogP contribution in [0.2, 0.25) is 0 Å². The van der Waals surface area contributed by atoms with Crippen molar-refractivity contribution in [2.75, 3.05) is 36.8 Å². The summed E-state index contributed by atoms with van der Waals surface area (Å²) in [5, 5.41) is 22.9. The number of halogens is 6. The van der Waals surface area contributed by atoms with E-state index in [0.29, 0.717) is 56.2 Å². The first-order valence-electron chi connectivity index (χ1n) is 15.1. The molecule has 6 rings (SSSR count). The van der Waals surface area contributed by atoms with Crippen LogP contribution in [0.1, 0.15) is 24.0 Å². The molecule has 2 fully saturated rings. The summed E-state index contributed by atoms with van der Waals surface area (Å²) in [4.78, 5) is 35.4. The molecule has 0 aliphatic carbocycles. The van der Waals surface area contributed by atoms with Gasteiger partial charge in [-0.15, -0.1) is 0 Å². The molecule has 0 bridgehead atoms. The van der Waals surface area contributed by atoms with Crippen molar-refractivity contribution in [2.45, 2.75) is 25.2 Å². The monoisotopic (exact) mass is 698 g/mol. The van der Waals surface area contributed by atoms with Gasteiger partial charge in [0, 0.05) is 37.6 Å². The minimum atomic E-state index is -4.43. The number of nitrogens with one attached hydrogen (secondary N) is 2. The highest BCUT2D eigenvalue weighted by Gasteiger charge is 2.32. The van der Waals surface area contributed by atoms with E-state index in [4.69, 9.17) is 10.5 Å². The number of amides is 2. The van der Waals surface area contributed by atoms with Crippen LogP contribution in [0.5, 0.6) is 0 Å². The molecule has 2 aromatic heterocycles. The van der Waals surface area contributed by atoms with Gasteiger partial charge in [-0.2, -0.15) is 36.9 Å². The fourth-order valence-electron chi connectivity index (χ4n) is 5.31. The molecule has 0 radical (unpaired) electrons. The highest BCUT2D eigenvalue weighted by atomic mass is 19.4. The van der Waals surface area contributed by atoms with Gasteiger partial charge in [-0.25, -0.2) is 9.97 Å². The Hall–Kier alpha value is -6.04. The van der Waals surface area contributed by atoms with Gasteiger partial charge in [0.2, 0.25) is 11.8 Å². The number of benzene rings is 2. The van der Waals surface area contributed by atoms with Crippen molar-refractivity contribution >= 4 is 23.5 Å². The number of hydrogen-bond acceptors (Lipinski definition) is 8. The molecule has 0 saturated carbocycles. The third-order valence-corrected chi connectivity index (χ3v) is 8.03. The van der Waals surface area contributed by atoms with Crippen molar-refractivity contribution in [3.8, 4) is 23.8 Å². The van der Waals surface area contributed by atoms with Gasteiger partial charge in [-0.1, -0.05) is 6.07 Å². The zero-order valence-corrected chi connectivity index (χ0v) is 26.0. The second kappa shape index (κ2) is 14.6. The number of nitrogens with zero attached hydrogens (tertiary/aromatic N) is 8. The van der Waals surface area contributed by atoms with Gasteiger partial charge in [0.05, 0.1) is 35.4 Å². The van der Waals surface area contributed by atoms with E-state index in [1.165, 1.54) is 68.2 Å². The summed E-state index contributed by atoms with van der Waals surface area (Å²) in [5.41, 5.74) is -0.697. The first kappa shape index (κ1) is 35.3. The Morgan fingerprint density at radius 3 is 1.62 bits per heavy atom. The number of rotatable bonds is 6. The molecule has 2 N–H and O–H groups in total. The molecule has 12 nitrogen and oxygen atoms in total. The zero-order valence-electron chi connectivity index (χ0n) is 26.0. The van der Waals surface area contributed by atoms with Crippen LogP contribution in [0.3, 0.4) is 0 Å². The summed E-state index contributed by atoms with van der Waals surface area (Å²) < 4.78 is 79.0. The molecule has 2 aliphatic heterocycles. The van der Waals surface area contributed by atoms with Crippen molar-refractivity contribution in [2.24, 2.45) is 11.8 Å². The number of carbonyl (C=O) groups excluding carboxylic acids is 2. The van der Waals surface area contributed by atoms with Gasteiger partial charge in [0.25, 0.3) is 0 Å². The zero-order chi connectivity index (χ0) is 36.1. The van der Waals surface area contributed by atoms with Gasteiger partial charge < -0.3 is 29.6 Å². The van der Waals surface area contributed by atoms with Gasteiger partial charge >= 0.3 is 12.4 Å². The normalized spacial score (nSPS) is 17.4. The Labute approximate surface area is 281 Å². The molecule has 2 aliphatic rings. The number of nitriles is 2. The van der Waals surface area contributed by atoms with Crippen molar-refractivity contribution < 1.29 is 35.9 Å². The van der Waals surface area contributed by atoms with Crippen molar-refractivity contribution in [1.82, 2.24) is 28.9 Å². The molecule has 0 spiro atoms. The minimum Gasteiger partial charge on any atom is -0.310 e. The largest absolute Gasteiger partial charge is 0.416 e. The summed E-state index contributed by atoms with van der Waals surface area (Å²) in [6, 6.07) is 9.47. The maximum Gasteiger partial charge on any atom is 0.416 e. The highest BCUT2D eigenvalue weighted by Crippen LogP contribution is 2.31. The SMILES string of the molecule is N#CN1CC[C@H](C(=O)Nc2cn(-c3ccc(C(F)(F)F)cc3)cn2)C1.N#CN1CC[C@H](C(=O)Nc2cn(-c3cccc(C(F)(F)F)c3)cn2)C1. The van der Waals surface area contributed by atoms with E-state index in [1.54, 1.807) is 0 Å². The van der Waals surface area contributed by atoms with Crippen molar-refractivity contribution in [1.29, 1.82) is 10.5 Å². The summed E-state index contributed by atoms with van der Waals surface area (Å²) in [6.07, 6.45) is 2.09. The fourth-order valence-corrected chi connectivity index (χ4v) is 5.31. The summed E-state index contributed by atoms with van der Waals surface area (Å²) in [7, 11) is 0. The van der Waals surface area contributed by atoms with E-state index in [9.17, 15) is 35.9 Å². The van der Waals surface area contributed by atoms with Gasteiger partial charge in [-0.05, 0) is 55.3 Å². The predicted octanol–water partition coefficient (Wildman–Crippen LogP) is 5.27. The van der Waals surface area contributed by atoms with Crippen LogP contribution in [0.15, 0.2) is 73.6 Å². The second-order valence-electron chi connectivity index (χ2n) is 11.5. The van der Waals surface area contributed by atoms with E-state index in [0.717, 1.165) is 24.3 Å². The Kier molecular flexibility index (Phi) is 10.3. The maximum absolute atomic E-state index is 12.8.